The maximum Gasteiger partial charge on any atom is 0.302 e. The molecule has 2 amide bonds. The molecule has 0 saturated heterocycles. The highest BCUT2D eigenvalue weighted by Crippen LogP contribution is 2.28. The fourth-order valence-electron chi connectivity index (χ4n) is 4.78. The molecule has 0 aliphatic carbocycles. The van der Waals surface area contributed by atoms with Gasteiger partial charge < -0.3 is 19.7 Å². The third-order valence-corrected chi connectivity index (χ3v) is 7.05. The van der Waals surface area contributed by atoms with Gasteiger partial charge in [-0.25, -0.2) is 8.78 Å². The van der Waals surface area contributed by atoms with Crippen LogP contribution in [0.25, 0.3) is 0 Å². The van der Waals surface area contributed by atoms with Crippen LogP contribution in [0.15, 0.2) is 71.7 Å². The van der Waals surface area contributed by atoms with Crippen LogP contribution in [0.5, 0.6) is 5.75 Å². The SMILES string of the molecule is CC(=O)OC[C@@H]1C=C[C@H](C)N2CN1n1cc(C(=O)NCc3ccc(F)cc3F)c(=O)c(OCc3ccccc3)c1C2=O. The topological polar surface area (TPSA) is 110 Å². The summed E-state index contributed by atoms with van der Waals surface area (Å²) in [6.45, 7) is 2.72. The fourth-order valence-corrected chi connectivity index (χ4v) is 4.78. The van der Waals surface area contributed by atoms with E-state index in [1.54, 1.807) is 41.4 Å². The molecule has 12 heteroatoms. The minimum atomic E-state index is -0.853. The molecule has 5 rings (SSSR count). The van der Waals surface area contributed by atoms with Crippen molar-refractivity contribution in [3.63, 3.8) is 0 Å². The summed E-state index contributed by atoms with van der Waals surface area (Å²) in [6, 6.07) is 11.0. The number of esters is 1. The Morgan fingerprint density at radius 3 is 2.55 bits per heavy atom. The van der Waals surface area contributed by atoms with E-state index in [0.717, 1.165) is 11.6 Å². The summed E-state index contributed by atoms with van der Waals surface area (Å²) in [6.07, 6.45) is 4.81. The maximum absolute atomic E-state index is 14.2. The number of halogens is 2. The number of carbonyl (C=O) groups excluding carboxylic acids is 3. The number of nitrogens with zero attached hydrogens (tertiary/aromatic N) is 3. The average Bonchev–Trinajstić information content (AvgIpc) is 3.11. The predicted molar refractivity (Wildman–Crippen MR) is 147 cm³/mol. The first-order chi connectivity index (χ1) is 20.1. The largest absolute Gasteiger partial charge is 0.482 e. The van der Waals surface area contributed by atoms with Gasteiger partial charge in [0.1, 0.15) is 37.1 Å². The van der Waals surface area contributed by atoms with Crippen LogP contribution in [0.2, 0.25) is 0 Å². The maximum atomic E-state index is 14.2. The Morgan fingerprint density at radius 1 is 1.07 bits per heavy atom. The van der Waals surface area contributed by atoms with E-state index in [9.17, 15) is 28.0 Å². The highest BCUT2D eigenvalue weighted by atomic mass is 19.1. The number of rotatable bonds is 8. The number of ether oxygens (including phenoxy) is 2. The zero-order chi connectivity index (χ0) is 30.0. The third kappa shape index (κ3) is 5.73. The van der Waals surface area contributed by atoms with Crippen LogP contribution < -0.4 is 20.5 Å². The number of hydrogen-bond acceptors (Lipinski definition) is 7. The molecule has 0 spiro atoms. The summed E-state index contributed by atoms with van der Waals surface area (Å²) in [4.78, 5) is 54.0. The Balaban J connectivity index is 1.58. The van der Waals surface area contributed by atoms with Crippen molar-refractivity contribution in [1.29, 1.82) is 0 Å². The highest BCUT2D eigenvalue weighted by Gasteiger charge is 2.40. The number of carbonyl (C=O) groups is 3. The number of fused-ring (bicyclic) bond motifs is 4. The lowest BCUT2D eigenvalue weighted by Gasteiger charge is -2.42. The van der Waals surface area contributed by atoms with E-state index in [1.807, 2.05) is 13.0 Å². The number of hydrogen-bond donors (Lipinski definition) is 1. The summed E-state index contributed by atoms with van der Waals surface area (Å²) in [7, 11) is 0. The van der Waals surface area contributed by atoms with Gasteiger partial charge in [-0.3, -0.25) is 28.9 Å². The molecular weight excluding hydrogens is 550 g/mol. The zero-order valence-corrected chi connectivity index (χ0v) is 22.9. The van der Waals surface area contributed by atoms with Gasteiger partial charge in [0.2, 0.25) is 5.43 Å². The molecule has 2 aliphatic heterocycles. The number of pyridine rings is 1. The second-order valence-electron chi connectivity index (χ2n) is 9.94. The van der Waals surface area contributed by atoms with Gasteiger partial charge in [0.25, 0.3) is 11.8 Å². The van der Waals surface area contributed by atoms with Gasteiger partial charge in [-0.15, -0.1) is 0 Å². The number of benzene rings is 2. The molecule has 218 valence electrons. The standard InChI is InChI=1S/C30H28F2N4O6/c1-18-8-11-23(16-41-19(2)37)36-17-34(18)30(40)26-28(42-15-20-6-4-3-5-7-20)27(38)24(14-35(26)36)29(39)33-13-21-9-10-22(31)12-25(21)32/h3-12,14,18,23H,13,15-17H2,1-2H3,(H,33,39)/t18-,23-/m0/s1. The van der Waals surface area contributed by atoms with Crippen LogP contribution in [0.3, 0.4) is 0 Å². The Labute approximate surface area is 239 Å². The number of amides is 2. The van der Waals surface area contributed by atoms with E-state index in [-0.39, 0.29) is 55.0 Å². The van der Waals surface area contributed by atoms with Crippen molar-refractivity contribution < 1.29 is 32.6 Å². The molecule has 2 aromatic carbocycles. The molecule has 3 aromatic rings. The van der Waals surface area contributed by atoms with Gasteiger partial charge in [-0.2, -0.15) is 0 Å². The summed E-state index contributed by atoms with van der Waals surface area (Å²) in [5, 5.41) is 4.18. The van der Waals surface area contributed by atoms with E-state index in [2.05, 4.69) is 5.32 Å². The lowest BCUT2D eigenvalue weighted by Crippen LogP contribution is -2.59. The molecule has 0 unspecified atom stereocenters. The molecule has 0 radical (unpaired) electrons. The van der Waals surface area contributed by atoms with Crippen molar-refractivity contribution in [2.45, 2.75) is 39.1 Å². The van der Waals surface area contributed by atoms with E-state index in [4.69, 9.17) is 9.47 Å². The van der Waals surface area contributed by atoms with Gasteiger partial charge in [0.05, 0.1) is 6.04 Å². The lowest BCUT2D eigenvalue weighted by atomic mass is 10.1. The molecule has 42 heavy (non-hydrogen) atoms. The van der Waals surface area contributed by atoms with Crippen LogP contribution >= 0.6 is 0 Å². The summed E-state index contributed by atoms with van der Waals surface area (Å²) in [5.74, 6) is -3.79. The van der Waals surface area contributed by atoms with Crippen LogP contribution in [0, 0.1) is 11.6 Å². The molecule has 2 bridgehead atoms. The Kier molecular flexibility index (Phi) is 8.05. The first-order valence-corrected chi connectivity index (χ1v) is 13.2. The Hall–Kier alpha value is -5.00. The fraction of sp³-hybridized carbons (Fsp3) is 0.267. The smallest absolute Gasteiger partial charge is 0.302 e. The number of aromatic nitrogens is 1. The first-order valence-electron chi connectivity index (χ1n) is 13.2. The summed E-state index contributed by atoms with van der Waals surface area (Å²) in [5.41, 5.74) is -0.547. The van der Waals surface area contributed by atoms with E-state index < -0.39 is 40.9 Å². The molecule has 0 fully saturated rings. The van der Waals surface area contributed by atoms with Crippen LogP contribution in [0.1, 0.15) is 45.8 Å². The van der Waals surface area contributed by atoms with E-state index >= 15 is 0 Å². The van der Waals surface area contributed by atoms with Gasteiger partial charge in [0, 0.05) is 37.3 Å². The first kappa shape index (κ1) is 28.5. The number of nitrogens with one attached hydrogen (secondary N) is 1. The molecule has 3 heterocycles. The third-order valence-electron chi connectivity index (χ3n) is 7.05. The molecule has 10 nitrogen and oxygen atoms in total. The van der Waals surface area contributed by atoms with Crippen LogP contribution in [-0.4, -0.2) is 52.7 Å². The molecule has 1 aromatic heterocycles. The second-order valence-corrected chi connectivity index (χ2v) is 9.94. The van der Waals surface area contributed by atoms with Crippen molar-refractivity contribution in [2.75, 3.05) is 18.3 Å². The van der Waals surface area contributed by atoms with Gasteiger partial charge >= 0.3 is 5.97 Å². The van der Waals surface area contributed by atoms with Gasteiger partial charge in [-0.05, 0) is 18.6 Å². The Morgan fingerprint density at radius 2 is 1.83 bits per heavy atom. The van der Waals surface area contributed by atoms with Gasteiger partial charge in [0.15, 0.2) is 11.4 Å². The Bertz CT molecular complexity index is 1620. The monoisotopic (exact) mass is 578 g/mol. The minimum Gasteiger partial charge on any atom is -0.482 e. The molecule has 1 N–H and O–H groups in total. The summed E-state index contributed by atoms with van der Waals surface area (Å²) >= 11 is 0. The minimum absolute atomic E-state index is 0.0160. The molecular formula is C30H28F2N4O6. The quantitative estimate of drug-likeness (QED) is 0.323. The lowest BCUT2D eigenvalue weighted by molar-refractivity contribution is -0.141. The second kappa shape index (κ2) is 11.9. The molecule has 2 atom stereocenters. The van der Waals surface area contributed by atoms with Gasteiger partial charge in [-0.1, -0.05) is 48.6 Å². The van der Waals surface area contributed by atoms with Crippen LogP contribution in [0.4, 0.5) is 8.78 Å². The van der Waals surface area contributed by atoms with Crippen molar-refractivity contribution in [1.82, 2.24) is 14.9 Å². The normalized spacial score (nSPS) is 17.4. The van der Waals surface area contributed by atoms with Crippen molar-refractivity contribution in [3.8, 4) is 5.75 Å². The highest BCUT2D eigenvalue weighted by molar-refractivity contribution is 5.99. The predicted octanol–water partition coefficient (Wildman–Crippen LogP) is 2.88. The zero-order valence-electron chi connectivity index (χ0n) is 22.9. The van der Waals surface area contributed by atoms with E-state index in [0.29, 0.717) is 6.07 Å². The van der Waals surface area contributed by atoms with Crippen molar-refractivity contribution in [2.24, 2.45) is 0 Å². The average molecular weight is 579 g/mol. The molecule has 2 aliphatic rings. The van der Waals surface area contributed by atoms with E-state index in [1.165, 1.54) is 28.8 Å². The van der Waals surface area contributed by atoms with Crippen molar-refractivity contribution in [3.05, 3.63) is 111 Å². The van der Waals surface area contributed by atoms with Crippen LogP contribution in [-0.2, 0) is 22.7 Å². The molecule has 0 saturated carbocycles. The van der Waals surface area contributed by atoms with Crippen molar-refractivity contribution >= 4 is 17.8 Å². The summed E-state index contributed by atoms with van der Waals surface area (Å²) < 4.78 is 40.1.